The zero-order chi connectivity index (χ0) is 20.5. The van der Waals surface area contributed by atoms with E-state index in [1.807, 2.05) is 33.7 Å². The summed E-state index contributed by atoms with van der Waals surface area (Å²) in [6.07, 6.45) is 3.22. The highest BCUT2D eigenvalue weighted by molar-refractivity contribution is 5.81. The van der Waals surface area contributed by atoms with Gasteiger partial charge in [-0.1, -0.05) is 12.1 Å². The largest absolute Gasteiger partial charge is 0.342 e. The molecule has 1 aromatic carbocycles. The number of amides is 3. The molecule has 3 amide bonds. The van der Waals surface area contributed by atoms with E-state index in [4.69, 9.17) is 0 Å². The van der Waals surface area contributed by atoms with Crippen LogP contribution in [0.2, 0.25) is 0 Å². The maximum Gasteiger partial charge on any atom is 0.326 e. The van der Waals surface area contributed by atoms with Crippen LogP contribution in [0.4, 0.5) is 4.79 Å². The van der Waals surface area contributed by atoms with Crippen molar-refractivity contribution in [2.24, 2.45) is 5.92 Å². The van der Waals surface area contributed by atoms with Crippen molar-refractivity contribution in [2.75, 3.05) is 40.3 Å². The molecular formula is C21H29N5O3. The molecule has 0 bridgehead atoms. The second-order valence-corrected chi connectivity index (χ2v) is 8.34. The van der Waals surface area contributed by atoms with Crippen molar-refractivity contribution >= 4 is 23.0 Å². The minimum absolute atomic E-state index is 0.0279. The lowest BCUT2D eigenvalue weighted by Crippen LogP contribution is -2.50. The normalized spacial score (nSPS) is 20.8. The standard InChI is InChI=1S/C21H29N5O3/c1-23(2)21(29)25-11-5-6-15(14-25)19(27)24-12-9-16(10-13-24)26-18-8-4-3-7-17(18)22-20(26)28/h3-4,7-8,15-16H,5-6,9-14H2,1-2H3,(H,22,28)/t15-/m1/s1. The van der Waals surface area contributed by atoms with Gasteiger partial charge in [-0.3, -0.25) is 9.36 Å². The van der Waals surface area contributed by atoms with Gasteiger partial charge < -0.3 is 19.7 Å². The fraction of sp³-hybridized carbons (Fsp3) is 0.571. The van der Waals surface area contributed by atoms with Gasteiger partial charge in [0.05, 0.1) is 17.0 Å². The van der Waals surface area contributed by atoms with Crippen molar-refractivity contribution in [3.05, 3.63) is 34.7 Å². The number of nitrogens with zero attached hydrogens (tertiary/aromatic N) is 4. The van der Waals surface area contributed by atoms with Gasteiger partial charge in [-0.05, 0) is 37.8 Å². The molecule has 0 aliphatic carbocycles. The van der Waals surface area contributed by atoms with Gasteiger partial charge in [-0.2, -0.15) is 0 Å². The van der Waals surface area contributed by atoms with Crippen LogP contribution in [0.1, 0.15) is 31.7 Å². The van der Waals surface area contributed by atoms with E-state index in [0.29, 0.717) is 26.2 Å². The fourth-order valence-electron chi connectivity index (χ4n) is 4.67. The first kappa shape index (κ1) is 19.5. The monoisotopic (exact) mass is 399 g/mol. The molecule has 1 N–H and O–H groups in total. The Labute approximate surface area is 170 Å². The maximum absolute atomic E-state index is 13.1. The van der Waals surface area contributed by atoms with Crippen molar-refractivity contribution in [3.8, 4) is 0 Å². The maximum atomic E-state index is 13.1. The molecule has 29 heavy (non-hydrogen) atoms. The molecule has 4 rings (SSSR count). The first-order valence-corrected chi connectivity index (χ1v) is 10.4. The molecule has 8 nitrogen and oxygen atoms in total. The van der Waals surface area contributed by atoms with Crippen LogP contribution in [0.25, 0.3) is 11.0 Å². The number of hydrogen-bond donors (Lipinski definition) is 1. The van der Waals surface area contributed by atoms with E-state index in [2.05, 4.69) is 4.98 Å². The van der Waals surface area contributed by atoms with Gasteiger partial charge in [0.2, 0.25) is 5.91 Å². The third-order valence-corrected chi connectivity index (χ3v) is 6.19. The smallest absolute Gasteiger partial charge is 0.326 e. The minimum atomic E-state index is -0.125. The van der Waals surface area contributed by atoms with Crippen LogP contribution < -0.4 is 5.69 Å². The Balaban J connectivity index is 1.40. The zero-order valence-electron chi connectivity index (χ0n) is 17.1. The van der Waals surface area contributed by atoms with Gasteiger partial charge in [0.15, 0.2) is 0 Å². The van der Waals surface area contributed by atoms with Crippen LogP contribution in [-0.4, -0.2) is 76.5 Å². The highest BCUT2D eigenvalue weighted by Crippen LogP contribution is 2.27. The third kappa shape index (κ3) is 3.75. The van der Waals surface area contributed by atoms with Gasteiger partial charge in [0, 0.05) is 46.3 Å². The molecule has 2 aromatic rings. The third-order valence-electron chi connectivity index (χ3n) is 6.19. The van der Waals surface area contributed by atoms with E-state index in [9.17, 15) is 14.4 Å². The zero-order valence-corrected chi connectivity index (χ0v) is 17.1. The van der Waals surface area contributed by atoms with E-state index in [1.165, 1.54) is 0 Å². The first-order chi connectivity index (χ1) is 14.0. The topological polar surface area (TPSA) is 81.7 Å². The Bertz CT molecular complexity index is 955. The molecule has 2 saturated heterocycles. The number of piperidine rings is 2. The lowest BCUT2D eigenvalue weighted by molar-refractivity contribution is -0.138. The molecule has 3 heterocycles. The summed E-state index contributed by atoms with van der Waals surface area (Å²) in [6.45, 7) is 2.51. The summed E-state index contributed by atoms with van der Waals surface area (Å²) in [5.74, 6) is 0.0194. The first-order valence-electron chi connectivity index (χ1n) is 10.4. The van der Waals surface area contributed by atoms with Crippen molar-refractivity contribution in [3.63, 3.8) is 0 Å². The Hall–Kier alpha value is -2.77. The molecule has 8 heteroatoms. The van der Waals surface area contributed by atoms with Crippen LogP contribution in [0.3, 0.4) is 0 Å². The summed E-state index contributed by atoms with van der Waals surface area (Å²) < 4.78 is 1.84. The molecule has 2 fully saturated rings. The predicted molar refractivity (Wildman–Crippen MR) is 111 cm³/mol. The minimum Gasteiger partial charge on any atom is -0.342 e. The summed E-state index contributed by atoms with van der Waals surface area (Å²) in [4.78, 5) is 45.9. The number of fused-ring (bicyclic) bond motifs is 1. The number of carbonyl (C=O) groups is 2. The van der Waals surface area contributed by atoms with E-state index in [0.717, 1.165) is 36.7 Å². The number of rotatable bonds is 2. The van der Waals surface area contributed by atoms with E-state index in [-0.39, 0.29) is 29.6 Å². The summed E-state index contributed by atoms with van der Waals surface area (Å²) in [5.41, 5.74) is 1.69. The van der Waals surface area contributed by atoms with Gasteiger partial charge in [0.25, 0.3) is 0 Å². The number of likely N-dealkylation sites (tertiary alicyclic amines) is 2. The molecule has 0 saturated carbocycles. The average molecular weight is 399 g/mol. The number of urea groups is 1. The number of benzene rings is 1. The number of para-hydroxylation sites is 2. The average Bonchev–Trinajstić information content (AvgIpc) is 3.08. The lowest BCUT2D eigenvalue weighted by atomic mass is 9.95. The van der Waals surface area contributed by atoms with Crippen molar-refractivity contribution < 1.29 is 9.59 Å². The summed E-state index contributed by atoms with van der Waals surface area (Å²) in [6, 6.07) is 7.80. The molecular weight excluding hydrogens is 370 g/mol. The lowest BCUT2D eigenvalue weighted by Gasteiger charge is -2.38. The second-order valence-electron chi connectivity index (χ2n) is 8.34. The summed E-state index contributed by atoms with van der Waals surface area (Å²) >= 11 is 0. The van der Waals surface area contributed by atoms with Crippen LogP contribution in [0, 0.1) is 5.92 Å². The van der Waals surface area contributed by atoms with Gasteiger partial charge in [-0.25, -0.2) is 9.59 Å². The van der Waals surface area contributed by atoms with E-state index >= 15 is 0 Å². The molecule has 2 aliphatic heterocycles. The van der Waals surface area contributed by atoms with Crippen LogP contribution in [0.5, 0.6) is 0 Å². The number of imidazole rings is 1. The molecule has 2 aliphatic rings. The number of aromatic amines is 1. The Morgan fingerprint density at radius 2 is 1.76 bits per heavy atom. The van der Waals surface area contributed by atoms with Crippen molar-refractivity contribution in [2.45, 2.75) is 31.7 Å². The van der Waals surface area contributed by atoms with Gasteiger partial charge >= 0.3 is 11.7 Å². The predicted octanol–water partition coefficient (Wildman–Crippen LogP) is 1.89. The molecule has 1 aromatic heterocycles. The number of nitrogens with one attached hydrogen (secondary N) is 1. The molecule has 156 valence electrons. The summed E-state index contributed by atoms with van der Waals surface area (Å²) in [7, 11) is 3.48. The molecule has 1 atom stereocenters. The van der Waals surface area contributed by atoms with Gasteiger partial charge in [-0.15, -0.1) is 0 Å². The molecule has 0 unspecified atom stereocenters. The molecule has 0 spiro atoms. The number of carbonyl (C=O) groups excluding carboxylic acids is 2. The van der Waals surface area contributed by atoms with E-state index < -0.39 is 0 Å². The highest BCUT2D eigenvalue weighted by atomic mass is 16.2. The summed E-state index contributed by atoms with van der Waals surface area (Å²) in [5, 5.41) is 0. The SMILES string of the molecule is CN(C)C(=O)N1CCC[C@@H](C(=O)N2CCC(n3c(=O)[nH]c4ccccc43)CC2)C1. The number of aromatic nitrogens is 2. The van der Waals surface area contributed by atoms with Crippen molar-refractivity contribution in [1.82, 2.24) is 24.3 Å². The quantitative estimate of drug-likeness (QED) is 0.837. The Morgan fingerprint density at radius 1 is 1.03 bits per heavy atom. The van der Waals surface area contributed by atoms with Crippen LogP contribution >= 0.6 is 0 Å². The van der Waals surface area contributed by atoms with E-state index in [1.54, 1.807) is 23.9 Å². The Kier molecular flexibility index (Phi) is 5.34. The molecule has 0 radical (unpaired) electrons. The number of H-pyrrole nitrogens is 1. The second kappa shape index (κ2) is 7.93. The Morgan fingerprint density at radius 3 is 2.48 bits per heavy atom. The van der Waals surface area contributed by atoms with Crippen LogP contribution in [-0.2, 0) is 4.79 Å². The van der Waals surface area contributed by atoms with Crippen LogP contribution in [0.15, 0.2) is 29.1 Å². The van der Waals surface area contributed by atoms with Gasteiger partial charge in [0.1, 0.15) is 0 Å². The van der Waals surface area contributed by atoms with Crippen molar-refractivity contribution in [1.29, 1.82) is 0 Å². The number of hydrogen-bond acceptors (Lipinski definition) is 3. The fourth-order valence-corrected chi connectivity index (χ4v) is 4.67. The highest BCUT2D eigenvalue weighted by Gasteiger charge is 2.34.